The van der Waals surface area contributed by atoms with E-state index in [1.165, 1.54) is 0 Å². The second-order valence-electron chi connectivity index (χ2n) is 4.20. The number of nitrogens with zero attached hydrogens (tertiary/aromatic N) is 1. The highest BCUT2D eigenvalue weighted by Crippen LogP contribution is 2.15. The minimum Gasteiger partial charge on any atom is -0.356 e. The number of aliphatic imine (C=N–C) groups is 1. The molecule has 1 aromatic rings. The van der Waals surface area contributed by atoms with Crippen LogP contribution in [0.3, 0.4) is 0 Å². The Labute approximate surface area is 152 Å². The van der Waals surface area contributed by atoms with Gasteiger partial charge >= 0.3 is 0 Å². The first-order chi connectivity index (χ1) is 9.49. The molecule has 0 aliphatic carbocycles. The molecule has 5 nitrogen and oxygen atoms in total. The minimum absolute atomic E-state index is 0. The lowest BCUT2D eigenvalue weighted by Crippen LogP contribution is -2.39. The Bertz CT molecular complexity index is 547. The zero-order chi connectivity index (χ0) is 15.0. The van der Waals surface area contributed by atoms with Crippen LogP contribution in [0.4, 0.5) is 0 Å². The standard InChI is InChI=1S/C13H20BrN3O2S.HI/c1-3-8-16-13(15-2)17-9-10-20(18,19)12-6-4-11(14)5-7-12;/h4-7H,3,8-10H2,1-2H3,(H2,15,16,17);1H. The molecule has 0 bridgehead atoms. The van der Waals surface area contributed by atoms with Crippen LogP contribution >= 0.6 is 39.9 Å². The smallest absolute Gasteiger partial charge is 0.191 e. The van der Waals surface area contributed by atoms with Gasteiger partial charge in [-0.2, -0.15) is 0 Å². The van der Waals surface area contributed by atoms with Crippen LogP contribution in [-0.4, -0.2) is 40.3 Å². The second kappa shape index (κ2) is 10.4. The van der Waals surface area contributed by atoms with Gasteiger partial charge in [0.15, 0.2) is 15.8 Å². The number of benzene rings is 1. The van der Waals surface area contributed by atoms with Crippen LogP contribution in [0.2, 0.25) is 0 Å². The van der Waals surface area contributed by atoms with Gasteiger partial charge in [0, 0.05) is 24.6 Å². The lowest BCUT2D eigenvalue weighted by molar-refractivity contribution is 0.594. The molecular weight excluding hydrogens is 469 g/mol. The first-order valence-electron chi connectivity index (χ1n) is 6.42. The molecule has 21 heavy (non-hydrogen) atoms. The molecule has 0 fully saturated rings. The number of guanidine groups is 1. The summed E-state index contributed by atoms with van der Waals surface area (Å²) in [4.78, 5) is 4.36. The second-order valence-corrected chi connectivity index (χ2v) is 7.22. The molecule has 1 aromatic carbocycles. The highest BCUT2D eigenvalue weighted by molar-refractivity contribution is 14.0. The Morgan fingerprint density at radius 1 is 1.19 bits per heavy atom. The summed E-state index contributed by atoms with van der Waals surface area (Å²) in [5.74, 6) is 0.652. The lowest BCUT2D eigenvalue weighted by Gasteiger charge is -2.11. The van der Waals surface area contributed by atoms with Gasteiger partial charge in [-0.15, -0.1) is 24.0 Å². The molecule has 0 aliphatic rings. The lowest BCUT2D eigenvalue weighted by atomic mass is 10.4. The van der Waals surface area contributed by atoms with Gasteiger partial charge in [0.2, 0.25) is 0 Å². The maximum atomic E-state index is 12.1. The van der Waals surface area contributed by atoms with Gasteiger partial charge in [-0.1, -0.05) is 22.9 Å². The molecule has 0 heterocycles. The normalized spacial score (nSPS) is 11.7. The molecule has 0 aliphatic heterocycles. The van der Waals surface area contributed by atoms with E-state index in [1.54, 1.807) is 31.3 Å². The van der Waals surface area contributed by atoms with Crippen LogP contribution in [0.15, 0.2) is 38.6 Å². The fourth-order valence-electron chi connectivity index (χ4n) is 1.53. The number of halogens is 2. The third-order valence-corrected chi connectivity index (χ3v) is 4.86. The third-order valence-electron chi connectivity index (χ3n) is 2.60. The molecule has 0 amide bonds. The molecule has 0 spiro atoms. The van der Waals surface area contributed by atoms with Gasteiger partial charge in [-0.25, -0.2) is 8.42 Å². The summed E-state index contributed by atoms with van der Waals surface area (Å²) in [6.07, 6.45) is 0.984. The average molecular weight is 490 g/mol. The van der Waals surface area contributed by atoms with Crippen molar-refractivity contribution in [2.75, 3.05) is 25.9 Å². The summed E-state index contributed by atoms with van der Waals surface area (Å²) in [7, 11) is -1.61. The molecule has 0 aromatic heterocycles. The van der Waals surface area contributed by atoms with E-state index >= 15 is 0 Å². The molecule has 120 valence electrons. The van der Waals surface area contributed by atoms with E-state index in [0.717, 1.165) is 17.4 Å². The quantitative estimate of drug-likeness (QED) is 0.365. The molecule has 8 heteroatoms. The number of hydrogen-bond donors (Lipinski definition) is 2. The van der Waals surface area contributed by atoms with Crippen molar-refractivity contribution in [3.63, 3.8) is 0 Å². The van der Waals surface area contributed by atoms with E-state index in [9.17, 15) is 8.42 Å². The van der Waals surface area contributed by atoms with Crippen molar-refractivity contribution >= 4 is 55.7 Å². The number of rotatable bonds is 6. The molecule has 0 radical (unpaired) electrons. The summed E-state index contributed by atoms with van der Waals surface area (Å²) in [6, 6.07) is 6.65. The van der Waals surface area contributed by atoms with Crippen LogP contribution in [-0.2, 0) is 9.84 Å². The Morgan fingerprint density at radius 3 is 2.29 bits per heavy atom. The predicted octanol–water partition coefficient (Wildman–Crippen LogP) is 2.42. The van der Waals surface area contributed by atoms with E-state index in [2.05, 4.69) is 38.5 Å². The largest absolute Gasteiger partial charge is 0.356 e. The van der Waals surface area contributed by atoms with Gasteiger partial charge in [-0.3, -0.25) is 4.99 Å². The molecule has 0 unspecified atom stereocenters. The van der Waals surface area contributed by atoms with Crippen molar-refractivity contribution in [3.8, 4) is 0 Å². The monoisotopic (exact) mass is 489 g/mol. The summed E-state index contributed by atoms with van der Waals surface area (Å²) in [5.41, 5.74) is 0. The van der Waals surface area contributed by atoms with Crippen LogP contribution in [0, 0.1) is 0 Å². The fraction of sp³-hybridized carbons (Fsp3) is 0.462. The summed E-state index contributed by atoms with van der Waals surface area (Å²) in [6.45, 7) is 3.18. The van der Waals surface area contributed by atoms with Crippen LogP contribution in [0.5, 0.6) is 0 Å². The van der Waals surface area contributed by atoms with E-state index < -0.39 is 9.84 Å². The SMILES string of the molecule is CCCNC(=NC)NCCS(=O)(=O)c1ccc(Br)cc1.I. The van der Waals surface area contributed by atoms with E-state index in [4.69, 9.17) is 0 Å². The van der Waals surface area contributed by atoms with E-state index in [-0.39, 0.29) is 29.7 Å². The predicted molar refractivity (Wildman–Crippen MR) is 101 cm³/mol. The minimum atomic E-state index is -3.27. The zero-order valence-electron chi connectivity index (χ0n) is 12.1. The first kappa shape index (κ1) is 20.6. The van der Waals surface area contributed by atoms with Crippen LogP contribution in [0.25, 0.3) is 0 Å². The van der Waals surface area contributed by atoms with Crippen molar-refractivity contribution in [1.82, 2.24) is 10.6 Å². The van der Waals surface area contributed by atoms with Crippen molar-refractivity contribution in [2.24, 2.45) is 4.99 Å². The van der Waals surface area contributed by atoms with Gasteiger partial charge in [0.05, 0.1) is 10.6 Å². The van der Waals surface area contributed by atoms with Gasteiger partial charge in [0.25, 0.3) is 0 Å². The highest BCUT2D eigenvalue weighted by Gasteiger charge is 2.13. The fourth-order valence-corrected chi connectivity index (χ4v) is 2.95. The van der Waals surface area contributed by atoms with Crippen LogP contribution < -0.4 is 10.6 Å². The van der Waals surface area contributed by atoms with Gasteiger partial charge < -0.3 is 10.6 Å². The molecule has 0 saturated heterocycles. The van der Waals surface area contributed by atoms with Crippen molar-refractivity contribution in [2.45, 2.75) is 18.2 Å². The topological polar surface area (TPSA) is 70.6 Å². The molecular formula is C13H21BrIN3O2S. The maximum Gasteiger partial charge on any atom is 0.191 e. The molecule has 1 rings (SSSR count). The van der Waals surface area contributed by atoms with Gasteiger partial charge in [0.1, 0.15) is 0 Å². The highest BCUT2D eigenvalue weighted by atomic mass is 127. The summed E-state index contributed by atoms with van der Waals surface area (Å²) < 4.78 is 25.1. The van der Waals surface area contributed by atoms with Crippen molar-refractivity contribution < 1.29 is 8.42 Å². The van der Waals surface area contributed by atoms with Crippen LogP contribution in [0.1, 0.15) is 13.3 Å². The third kappa shape index (κ3) is 7.46. The van der Waals surface area contributed by atoms with Gasteiger partial charge in [-0.05, 0) is 30.7 Å². The first-order valence-corrected chi connectivity index (χ1v) is 8.87. The number of sulfone groups is 1. The summed E-state index contributed by atoms with van der Waals surface area (Å²) in [5, 5.41) is 6.08. The average Bonchev–Trinajstić information content (AvgIpc) is 2.43. The van der Waals surface area contributed by atoms with Crippen molar-refractivity contribution in [3.05, 3.63) is 28.7 Å². The van der Waals surface area contributed by atoms with E-state index in [1.807, 2.05) is 0 Å². The zero-order valence-corrected chi connectivity index (χ0v) is 16.8. The Morgan fingerprint density at radius 2 is 1.76 bits per heavy atom. The Hall–Kier alpha value is -0.350. The Kier molecular flexibility index (Phi) is 10.2. The van der Waals surface area contributed by atoms with E-state index in [0.29, 0.717) is 17.4 Å². The maximum absolute atomic E-state index is 12.1. The number of nitrogens with one attached hydrogen (secondary N) is 2. The Balaban J connectivity index is 0.00000400. The number of hydrogen-bond acceptors (Lipinski definition) is 3. The molecule has 2 N–H and O–H groups in total. The van der Waals surface area contributed by atoms with Crippen molar-refractivity contribution in [1.29, 1.82) is 0 Å². The molecule has 0 atom stereocenters. The molecule has 0 saturated carbocycles. The summed E-state index contributed by atoms with van der Waals surface area (Å²) >= 11 is 3.29.